The topological polar surface area (TPSA) is 49.4 Å². The molecule has 1 aliphatic heterocycles. The molecule has 1 saturated heterocycles. The second-order valence-electron chi connectivity index (χ2n) is 8.42. The minimum absolute atomic E-state index is 0.00122. The van der Waals surface area contributed by atoms with Crippen LogP contribution in [0.15, 0.2) is 42.5 Å². The summed E-state index contributed by atoms with van der Waals surface area (Å²) >= 11 is 0. The third-order valence-corrected chi connectivity index (χ3v) is 6.66. The highest BCUT2D eigenvalue weighted by Crippen LogP contribution is 2.37. The summed E-state index contributed by atoms with van der Waals surface area (Å²) in [6, 6.07) is 15.4. The molecule has 4 rings (SSSR count). The Morgan fingerprint density at radius 1 is 1.07 bits per heavy atom. The quantitative estimate of drug-likeness (QED) is 0.735. The molecule has 2 atom stereocenters. The second kappa shape index (κ2) is 7.04. The zero-order chi connectivity index (χ0) is 19.2. The van der Waals surface area contributed by atoms with Crippen molar-refractivity contribution in [3.8, 4) is 11.1 Å². The maximum atomic E-state index is 11.7. The molecule has 4 nitrogen and oxygen atoms in total. The van der Waals surface area contributed by atoms with E-state index in [9.17, 15) is 8.42 Å². The van der Waals surface area contributed by atoms with Gasteiger partial charge in [-0.15, -0.1) is 0 Å². The van der Waals surface area contributed by atoms with Gasteiger partial charge in [0, 0.05) is 25.7 Å². The van der Waals surface area contributed by atoms with Gasteiger partial charge in [-0.05, 0) is 46.1 Å². The first kappa shape index (κ1) is 18.7. The lowest BCUT2D eigenvalue weighted by Gasteiger charge is -2.21. The average molecular weight is 385 g/mol. The van der Waals surface area contributed by atoms with Crippen molar-refractivity contribution in [2.45, 2.75) is 32.9 Å². The number of hydrogen-bond donors (Lipinski definition) is 1. The number of likely N-dealkylation sites (tertiary alicyclic amines) is 1. The summed E-state index contributed by atoms with van der Waals surface area (Å²) in [6.45, 7) is 6.93. The molecule has 2 aliphatic rings. The van der Waals surface area contributed by atoms with Crippen LogP contribution in [0.25, 0.3) is 11.1 Å². The Labute approximate surface area is 162 Å². The van der Waals surface area contributed by atoms with Gasteiger partial charge >= 0.3 is 0 Å². The molecule has 0 bridgehead atoms. The van der Waals surface area contributed by atoms with E-state index in [0.717, 1.165) is 26.1 Å². The number of sulfonamides is 1. The summed E-state index contributed by atoms with van der Waals surface area (Å²) in [5.74, 6) is 0.794. The van der Waals surface area contributed by atoms with E-state index in [1.54, 1.807) is 0 Å². The Morgan fingerprint density at radius 3 is 2.56 bits per heavy atom. The number of hydrogen-bond acceptors (Lipinski definition) is 3. The van der Waals surface area contributed by atoms with E-state index in [4.69, 9.17) is 0 Å². The first-order chi connectivity index (χ1) is 12.8. The molecular formula is C22H28N2O2S. The minimum Gasteiger partial charge on any atom is -0.297 e. The fourth-order valence-electron chi connectivity index (χ4n) is 4.67. The molecule has 0 unspecified atom stereocenters. The number of fused-ring (bicyclic) bond motifs is 3. The zero-order valence-corrected chi connectivity index (χ0v) is 17.1. The van der Waals surface area contributed by atoms with Crippen LogP contribution < -0.4 is 4.72 Å². The molecule has 144 valence electrons. The van der Waals surface area contributed by atoms with Crippen molar-refractivity contribution in [2.24, 2.45) is 11.8 Å². The summed E-state index contributed by atoms with van der Waals surface area (Å²) in [4.78, 5) is 2.39. The standard InChI is InChI=1S/C22H28N2O2S/c1-15(2)21-13-24(14-22(21)23-27(3,25)26)12-16-8-9-20-18(10-16)11-17-6-4-5-7-19(17)20/h4-10,15,21-23H,11-14H2,1-3H3/t21-,22+/m0/s1. The molecule has 1 fully saturated rings. The molecule has 0 radical (unpaired) electrons. The van der Waals surface area contributed by atoms with Crippen molar-refractivity contribution in [2.75, 3.05) is 19.3 Å². The summed E-state index contributed by atoms with van der Waals surface area (Å²) in [7, 11) is -3.19. The molecule has 0 amide bonds. The van der Waals surface area contributed by atoms with Crippen molar-refractivity contribution in [3.63, 3.8) is 0 Å². The van der Waals surface area contributed by atoms with Crippen molar-refractivity contribution in [1.29, 1.82) is 0 Å². The Balaban J connectivity index is 1.49. The van der Waals surface area contributed by atoms with Crippen LogP contribution in [0.5, 0.6) is 0 Å². The molecule has 27 heavy (non-hydrogen) atoms. The highest BCUT2D eigenvalue weighted by Gasteiger charge is 2.36. The van der Waals surface area contributed by atoms with E-state index in [1.165, 1.54) is 34.1 Å². The molecule has 0 aromatic heterocycles. The third kappa shape index (κ3) is 3.96. The smallest absolute Gasteiger partial charge is 0.209 e. The van der Waals surface area contributed by atoms with Gasteiger partial charge in [0.2, 0.25) is 10.0 Å². The molecule has 1 N–H and O–H groups in total. The van der Waals surface area contributed by atoms with Gasteiger partial charge in [0.05, 0.1) is 6.26 Å². The van der Waals surface area contributed by atoms with E-state index in [-0.39, 0.29) is 6.04 Å². The van der Waals surface area contributed by atoms with Crippen LogP contribution in [0.3, 0.4) is 0 Å². The van der Waals surface area contributed by atoms with Crippen molar-refractivity contribution in [1.82, 2.24) is 9.62 Å². The van der Waals surface area contributed by atoms with Crippen molar-refractivity contribution in [3.05, 3.63) is 59.2 Å². The van der Waals surface area contributed by atoms with E-state index >= 15 is 0 Å². The van der Waals surface area contributed by atoms with Crippen LogP contribution in [-0.4, -0.2) is 38.7 Å². The predicted molar refractivity (Wildman–Crippen MR) is 110 cm³/mol. The molecule has 0 spiro atoms. The summed E-state index contributed by atoms with van der Waals surface area (Å²) in [6.07, 6.45) is 2.26. The molecule has 2 aromatic rings. The highest BCUT2D eigenvalue weighted by atomic mass is 32.2. The van der Waals surface area contributed by atoms with E-state index in [0.29, 0.717) is 11.8 Å². The normalized spacial score (nSPS) is 22.2. The number of nitrogens with zero attached hydrogens (tertiary/aromatic N) is 1. The summed E-state index contributed by atoms with van der Waals surface area (Å²) < 4.78 is 26.3. The maximum absolute atomic E-state index is 11.7. The highest BCUT2D eigenvalue weighted by molar-refractivity contribution is 7.88. The van der Waals surface area contributed by atoms with Crippen LogP contribution in [0.4, 0.5) is 0 Å². The van der Waals surface area contributed by atoms with Gasteiger partial charge in [-0.1, -0.05) is 56.3 Å². The summed E-state index contributed by atoms with van der Waals surface area (Å²) in [5, 5.41) is 0. The molecule has 1 aliphatic carbocycles. The van der Waals surface area contributed by atoms with Crippen LogP contribution in [-0.2, 0) is 23.0 Å². The van der Waals surface area contributed by atoms with Crippen LogP contribution in [0, 0.1) is 11.8 Å². The van der Waals surface area contributed by atoms with Crippen molar-refractivity contribution >= 4 is 10.0 Å². The van der Waals surface area contributed by atoms with Gasteiger partial charge in [-0.2, -0.15) is 0 Å². The Bertz CT molecular complexity index is 953. The summed E-state index contributed by atoms with van der Waals surface area (Å²) in [5.41, 5.74) is 6.83. The first-order valence-corrected chi connectivity index (χ1v) is 11.6. The van der Waals surface area contributed by atoms with Crippen LogP contribution in [0.1, 0.15) is 30.5 Å². The fourth-order valence-corrected chi connectivity index (χ4v) is 5.47. The number of benzene rings is 2. The Kier molecular flexibility index (Phi) is 4.87. The lowest BCUT2D eigenvalue weighted by molar-refractivity contribution is 0.296. The third-order valence-electron chi connectivity index (χ3n) is 5.93. The van der Waals surface area contributed by atoms with Gasteiger partial charge in [-0.25, -0.2) is 13.1 Å². The molecular weight excluding hydrogens is 356 g/mol. The zero-order valence-electron chi connectivity index (χ0n) is 16.3. The fraction of sp³-hybridized carbons (Fsp3) is 0.455. The lowest BCUT2D eigenvalue weighted by Crippen LogP contribution is -2.41. The van der Waals surface area contributed by atoms with Crippen LogP contribution >= 0.6 is 0 Å². The van der Waals surface area contributed by atoms with Gasteiger partial charge in [0.25, 0.3) is 0 Å². The lowest BCUT2D eigenvalue weighted by atomic mass is 9.92. The first-order valence-electron chi connectivity index (χ1n) is 9.70. The van der Waals surface area contributed by atoms with Gasteiger partial charge in [-0.3, -0.25) is 4.90 Å². The maximum Gasteiger partial charge on any atom is 0.209 e. The average Bonchev–Trinajstić information content (AvgIpc) is 3.13. The molecule has 2 aromatic carbocycles. The van der Waals surface area contributed by atoms with E-state index in [1.807, 2.05) is 0 Å². The minimum atomic E-state index is -3.19. The molecule has 1 heterocycles. The van der Waals surface area contributed by atoms with Gasteiger partial charge in [0.15, 0.2) is 0 Å². The van der Waals surface area contributed by atoms with Crippen molar-refractivity contribution < 1.29 is 8.42 Å². The van der Waals surface area contributed by atoms with E-state index in [2.05, 4.69) is 65.9 Å². The molecule has 0 saturated carbocycles. The number of nitrogens with one attached hydrogen (secondary N) is 1. The van der Waals surface area contributed by atoms with E-state index < -0.39 is 10.0 Å². The largest absolute Gasteiger partial charge is 0.297 e. The number of rotatable bonds is 5. The van der Waals surface area contributed by atoms with Gasteiger partial charge < -0.3 is 0 Å². The van der Waals surface area contributed by atoms with Crippen LogP contribution in [0.2, 0.25) is 0 Å². The second-order valence-corrected chi connectivity index (χ2v) is 10.2. The Hall–Kier alpha value is -1.69. The Morgan fingerprint density at radius 2 is 1.81 bits per heavy atom. The predicted octanol–water partition coefficient (Wildman–Crippen LogP) is 3.26. The monoisotopic (exact) mass is 384 g/mol. The van der Waals surface area contributed by atoms with Gasteiger partial charge in [0.1, 0.15) is 0 Å². The SMILES string of the molecule is CC(C)[C@@H]1CN(Cc2ccc3c(c2)Cc2ccccc2-3)C[C@H]1NS(C)(=O)=O. The molecule has 5 heteroatoms.